The predicted molar refractivity (Wildman–Crippen MR) is 106 cm³/mol. The van der Waals surface area contributed by atoms with Gasteiger partial charge < -0.3 is 10.2 Å². The average Bonchev–Trinajstić information content (AvgIpc) is 3.22. The number of hydrogen-bond acceptors (Lipinski definition) is 3. The number of likely N-dealkylation sites (tertiary alicyclic amines) is 1. The first-order chi connectivity index (χ1) is 12.7. The van der Waals surface area contributed by atoms with E-state index in [0.29, 0.717) is 12.3 Å². The number of benzene rings is 2. The van der Waals surface area contributed by atoms with E-state index in [1.165, 1.54) is 5.56 Å². The van der Waals surface area contributed by atoms with Crippen LogP contribution in [-0.4, -0.2) is 35.6 Å². The molecule has 5 heteroatoms. The van der Waals surface area contributed by atoms with Gasteiger partial charge in [0.2, 0.25) is 5.91 Å². The molecule has 0 aromatic heterocycles. The molecule has 1 heterocycles. The molecule has 0 saturated carbocycles. The van der Waals surface area contributed by atoms with Crippen molar-refractivity contribution in [3.63, 3.8) is 0 Å². The minimum atomic E-state index is 0.0307. The SMILES string of the molecule is O=C(CSCc1ccccc1)NCc1ccc(C(=O)N2CCCC2)cc1. The second-order valence-corrected chi connectivity index (χ2v) is 7.44. The molecule has 0 spiro atoms. The summed E-state index contributed by atoms with van der Waals surface area (Å²) < 4.78 is 0. The van der Waals surface area contributed by atoms with Crippen LogP contribution >= 0.6 is 11.8 Å². The summed E-state index contributed by atoms with van der Waals surface area (Å²) >= 11 is 1.61. The summed E-state index contributed by atoms with van der Waals surface area (Å²) in [4.78, 5) is 26.2. The Hall–Kier alpha value is -2.27. The molecule has 1 N–H and O–H groups in total. The minimum Gasteiger partial charge on any atom is -0.351 e. The van der Waals surface area contributed by atoms with Crippen LogP contribution in [0.5, 0.6) is 0 Å². The largest absolute Gasteiger partial charge is 0.351 e. The van der Waals surface area contributed by atoms with Crippen LogP contribution in [0.25, 0.3) is 0 Å². The first kappa shape index (κ1) is 18.5. The lowest BCUT2D eigenvalue weighted by Crippen LogP contribution is -2.27. The van der Waals surface area contributed by atoms with Crippen LogP contribution in [0.3, 0.4) is 0 Å². The highest BCUT2D eigenvalue weighted by Crippen LogP contribution is 2.14. The molecule has 1 aliphatic heterocycles. The van der Waals surface area contributed by atoms with Crippen molar-refractivity contribution in [2.24, 2.45) is 0 Å². The van der Waals surface area contributed by atoms with E-state index in [2.05, 4.69) is 17.4 Å². The number of amides is 2. The number of nitrogens with zero attached hydrogens (tertiary/aromatic N) is 1. The van der Waals surface area contributed by atoms with Crippen LogP contribution in [0.4, 0.5) is 0 Å². The van der Waals surface area contributed by atoms with E-state index in [1.807, 2.05) is 47.4 Å². The molecule has 1 aliphatic rings. The fourth-order valence-corrected chi connectivity index (χ4v) is 3.77. The van der Waals surface area contributed by atoms with E-state index in [9.17, 15) is 9.59 Å². The molecule has 0 unspecified atom stereocenters. The quantitative estimate of drug-likeness (QED) is 0.814. The number of rotatable bonds is 7. The van der Waals surface area contributed by atoms with Crippen molar-refractivity contribution in [3.05, 3.63) is 71.3 Å². The molecule has 2 aromatic carbocycles. The van der Waals surface area contributed by atoms with Crippen molar-refractivity contribution in [1.82, 2.24) is 10.2 Å². The Balaban J connectivity index is 1.40. The van der Waals surface area contributed by atoms with Gasteiger partial charge in [-0.25, -0.2) is 0 Å². The highest BCUT2D eigenvalue weighted by molar-refractivity contribution is 7.99. The third kappa shape index (κ3) is 5.36. The maximum atomic E-state index is 12.3. The summed E-state index contributed by atoms with van der Waals surface area (Å²) in [6.45, 7) is 2.21. The molecule has 0 aliphatic carbocycles. The summed E-state index contributed by atoms with van der Waals surface area (Å²) in [5.41, 5.74) is 2.95. The lowest BCUT2D eigenvalue weighted by molar-refractivity contribution is -0.118. The van der Waals surface area contributed by atoms with Crippen LogP contribution in [0.1, 0.15) is 34.3 Å². The highest BCUT2D eigenvalue weighted by Gasteiger charge is 2.19. The average molecular weight is 369 g/mol. The Morgan fingerprint density at radius 3 is 2.31 bits per heavy atom. The molecule has 136 valence electrons. The van der Waals surface area contributed by atoms with E-state index in [0.717, 1.165) is 42.8 Å². The fourth-order valence-electron chi connectivity index (χ4n) is 2.96. The second-order valence-electron chi connectivity index (χ2n) is 6.45. The van der Waals surface area contributed by atoms with Crippen molar-refractivity contribution < 1.29 is 9.59 Å². The van der Waals surface area contributed by atoms with Crippen molar-refractivity contribution in [2.75, 3.05) is 18.8 Å². The van der Waals surface area contributed by atoms with Gasteiger partial charge in [-0.1, -0.05) is 42.5 Å². The smallest absolute Gasteiger partial charge is 0.253 e. The number of thioether (sulfide) groups is 1. The normalized spacial score (nSPS) is 13.6. The van der Waals surface area contributed by atoms with Crippen molar-refractivity contribution in [3.8, 4) is 0 Å². The Morgan fingerprint density at radius 2 is 1.62 bits per heavy atom. The van der Waals surface area contributed by atoms with Crippen LogP contribution in [0, 0.1) is 0 Å². The number of carbonyl (C=O) groups is 2. The van der Waals surface area contributed by atoms with Gasteiger partial charge >= 0.3 is 0 Å². The maximum Gasteiger partial charge on any atom is 0.253 e. The Bertz CT molecular complexity index is 725. The van der Waals surface area contributed by atoms with E-state index in [4.69, 9.17) is 0 Å². The molecule has 2 amide bonds. The van der Waals surface area contributed by atoms with Gasteiger partial charge in [0.15, 0.2) is 0 Å². The Kier molecular flexibility index (Phi) is 6.72. The number of carbonyl (C=O) groups excluding carboxylic acids is 2. The molecular weight excluding hydrogens is 344 g/mol. The highest BCUT2D eigenvalue weighted by atomic mass is 32.2. The van der Waals surface area contributed by atoms with Crippen molar-refractivity contribution in [2.45, 2.75) is 25.1 Å². The van der Waals surface area contributed by atoms with Crippen molar-refractivity contribution in [1.29, 1.82) is 0 Å². The van der Waals surface area contributed by atoms with Crippen LogP contribution < -0.4 is 5.32 Å². The summed E-state index contributed by atoms with van der Waals surface area (Å²) in [5.74, 6) is 1.42. The lowest BCUT2D eigenvalue weighted by Gasteiger charge is -2.15. The van der Waals surface area contributed by atoms with Gasteiger partial charge in [0.1, 0.15) is 0 Å². The van der Waals surface area contributed by atoms with Gasteiger partial charge in [0.05, 0.1) is 5.75 Å². The standard InChI is InChI=1S/C21H24N2O2S/c24-20(16-26-15-18-6-2-1-3-7-18)22-14-17-8-10-19(11-9-17)21(25)23-12-4-5-13-23/h1-3,6-11H,4-5,12-16H2,(H,22,24). The number of nitrogens with one attached hydrogen (secondary N) is 1. The molecule has 1 fully saturated rings. The minimum absolute atomic E-state index is 0.0307. The zero-order valence-electron chi connectivity index (χ0n) is 14.8. The zero-order chi connectivity index (χ0) is 18.2. The van der Waals surface area contributed by atoms with Gasteiger partial charge in [0.25, 0.3) is 5.91 Å². The maximum absolute atomic E-state index is 12.3. The van der Waals surface area contributed by atoms with E-state index in [-0.39, 0.29) is 11.8 Å². The first-order valence-electron chi connectivity index (χ1n) is 8.99. The van der Waals surface area contributed by atoms with Crippen LogP contribution in [-0.2, 0) is 17.1 Å². The molecule has 4 nitrogen and oxygen atoms in total. The molecule has 0 atom stereocenters. The van der Waals surface area contributed by atoms with Gasteiger partial charge in [-0.2, -0.15) is 0 Å². The molecule has 3 rings (SSSR count). The Labute approximate surface area is 159 Å². The summed E-state index contributed by atoms with van der Waals surface area (Å²) in [6.07, 6.45) is 2.19. The van der Waals surface area contributed by atoms with Crippen LogP contribution in [0.15, 0.2) is 54.6 Å². The fraction of sp³-hybridized carbons (Fsp3) is 0.333. The third-order valence-corrected chi connectivity index (χ3v) is 5.43. The monoisotopic (exact) mass is 368 g/mol. The van der Waals surface area contributed by atoms with E-state index >= 15 is 0 Å². The van der Waals surface area contributed by atoms with Gasteiger partial charge in [-0.15, -0.1) is 11.8 Å². The van der Waals surface area contributed by atoms with E-state index in [1.54, 1.807) is 11.8 Å². The molecule has 0 radical (unpaired) electrons. The number of hydrogen-bond donors (Lipinski definition) is 1. The summed E-state index contributed by atoms with van der Waals surface area (Å²) in [7, 11) is 0. The molecule has 0 bridgehead atoms. The second kappa shape index (κ2) is 9.43. The molecule has 1 saturated heterocycles. The van der Waals surface area contributed by atoms with Gasteiger partial charge in [-0.05, 0) is 36.1 Å². The van der Waals surface area contributed by atoms with E-state index < -0.39 is 0 Å². The molecule has 26 heavy (non-hydrogen) atoms. The topological polar surface area (TPSA) is 49.4 Å². The zero-order valence-corrected chi connectivity index (χ0v) is 15.6. The summed E-state index contributed by atoms with van der Waals surface area (Å²) in [6, 6.07) is 17.7. The summed E-state index contributed by atoms with van der Waals surface area (Å²) in [5, 5.41) is 2.93. The predicted octanol–water partition coefficient (Wildman–Crippen LogP) is 3.47. The first-order valence-corrected chi connectivity index (χ1v) is 10.1. The van der Waals surface area contributed by atoms with Gasteiger partial charge in [0, 0.05) is 31.0 Å². The molecule has 2 aromatic rings. The molecular formula is C21H24N2O2S. The van der Waals surface area contributed by atoms with Crippen LogP contribution in [0.2, 0.25) is 0 Å². The lowest BCUT2D eigenvalue weighted by atomic mass is 10.1. The van der Waals surface area contributed by atoms with Crippen molar-refractivity contribution >= 4 is 23.6 Å². The Morgan fingerprint density at radius 1 is 0.923 bits per heavy atom. The third-order valence-electron chi connectivity index (χ3n) is 4.43. The van der Waals surface area contributed by atoms with Gasteiger partial charge in [-0.3, -0.25) is 9.59 Å².